The van der Waals surface area contributed by atoms with E-state index in [1.165, 1.54) is 0 Å². The van der Waals surface area contributed by atoms with Crippen LogP contribution in [0, 0.1) is 17.8 Å². The molecule has 0 heterocycles. The number of carboxylic acids is 1. The van der Waals surface area contributed by atoms with Crippen LogP contribution in [0.1, 0.15) is 78.9 Å². The molecular formula is C38H64N10O9. The Hall–Kier alpha value is -5.30. The minimum Gasteiger partial charge on any atom is -0.480 e. The number of carbonyl (C=O) groups is 7. The Morgan fingerprint density at radius 1 is 0.702 bits per heavy atom. The molecule has 0 aliphatic rings. The Bertz CT molecular complexity index is 1530. The second-order valence-corrected chi connectivity index (χ2v) is 15.0. The fraction of sp³-hybridized carbons (Fsp3) is 0.632. The second kappa shape index (κ2) is 25.1. The number of aliphatic hydroxyl groups excluding tert-OH is 1. The van der Waals surface area contributed by atoms with Gasteiger partial charge in [-0.25, -0.2) is 4.79 Å². The maximum atomic E-state index is 13.8. The number of carboxylic acid groups (broad SMARTS) is 1. The van der Waals surface area contributed by atoms with E-state index in [4.69, 9.17) is 17.2 Å². The lowest BCUT2D eigenvalue weighted by atomic mass is 9.98. The van der Waals surface area contributed by atoms with Crippen molar-refractivity contribution < 1.29 is 43.8 Å². The number of benzene rings is 1. The molecule has 1 aromatic carbocycles. The zero-order valence-corrected chi connectivity index (χ0v) is 34.1. The number of aliphatic hydroxyl groups is 1. The van der Waals surface area contributed by atoms with Gasteiger partial charge in [0.25, 0.3) is 0 Å². The quantitative estimate of drug-likeness (QED) is 0.0295. The highest BCUT2D eigenvalue weighted by Crippen LogP contribution is 2.12. The smallest absolute Gasteiger partial charge is 0.326 e. The molecule has 57 heavy (non-hydrogen) atoms. The van der Waals surface area contributed by atoms with Gasteiger partial charge in [-0.1, -0.05) is 72.7 Å². The second-order valence-electron chi connectivity index (χ2n) is 15.0. The van der Waals surface area contributed by atoms with Gasteiger partial charge in [0.1, 0.15) is 36.3 Å². The zero-order valence-electron chi connectivity index (χ0n) is 34.1. The molecule has 320 valence electrons. The Morgan fingerprint density at radius 3 is 1.72 bits per heavy atom. The summed E-state index contributed by atoms with van der Waals surface area (Å²) in [6, 6.07) is 0.285. The van der Waals surface area contributed by atoms with Crippen molar-refractivity contribution in [2.24, 2.45) is 39.9 Å². The highest BCUT2D eigenvalue weighted by molar-refractivity contribution is 5.96. The number of rotatable bonds is 25. The predicted octanol–water partition coefficient (Wildman–Crippen LogP) is -1.85. The van der Waals surface area contributed by atoms with E-state index < -0.39 is 103 Å². The van der Waals surface area contributed by atoms with Crippen molar-refractivity contribution in [2.75, 3.05) is 19.7 Å². The fourth-order valence-electron chi connectivity index (χ4n) is 5.55. The van der Waals surface area contributed by atoms with Crippen LogP contribution >= 0.6 is 0 Å². The van der Waals surface area contributed by atoms with Crippen molar-refractivity contribution in [1.29, 1.82) is 0 Å². The van der Waals surface area contributed by atoms with Crippen LogP contribution in [-0.2, 0) is 46.4 Å². The van der Waals surface area contributed by atoms with E-state index in [1.54, 1.807) is 27.7 Å². The first-order valence-electron chi connectivity index (χ1n) is 19.2. The lowest BCUT2D eigenvalue weighted by molar-refractivity contribution is -0.142. The van der Waals surface area contributed by atoms with Crippen LogP contribution < -0.4 is 49.1 Å². The summed E-state index contributed by atoms with van der Waals surface area (Å²) < 4.78 is 0. The lowest BCUT2D eigenvalue weighted by Crippen LogP contribution is -2.60. The average Bonchev–Trinajstić information content (AvgIpc) is 3.14. The molecule has 0 spiro atoms. The van der Waals surface area contributed by atoms with Crippen LogP contribution in [-0.4, -0.2) is 114 Å². The zero-order chi connectivity index (χ0) is 43.4. The van der Waals surface area contributed by atoms with Crippen LogP contribution in [0.2, 0.25) is 0 Å². The third kappa shape index (κ3) is 18.5. The number of hydrogen-bond donors (Lipinski definition) is 11. The molecule has 6 amide bonds. The first-order chi connectivity index (χ1) is 26.7. The maximum Gasteiger partial charge on any atom is 0.326 e. The Balaban J connectivity index is 3.20. The van der Waals surface area contributed by atoms with Crippen molar-refractivity contribution in [2.45, 2.75) is 117 Å². The van der Waals surface area contributed by atoms with Crippen LogP contribution in [0.3, 0.4) is 0 Å². The van der Waals surface area contributed by atoms with Gasteiger partial charge in [0.2, 0.25) is 35.4 Å². The summed E-state index contributed by atoms with van der Waals surface area (Å²) in [5, 5.41) is 34.3. The van der Waals surface area contributed by atoms with E-state index >= 15 is 0 Å². The molecule has 1 aromatic rings. The summed E-state index contributed by atoms with van der Waals surface area (Å²) in [6.45, 7) is 11.3. The molecule has 0 aliphatic heterocycles. The van der Waals surface area contributed by atoms with Gasteiger partial charge in [0.15, 0.2) is 5.96 Å². The molecule has 0 bridgehead atoms. The van der Waals surface area contributed by atoms with E-state index in [-0.39, 0.29) is 44.1 Å². The van der Waals surface area contributed by atoms with Crippen molar-refractivity contribution in [3.8, 4) is 0 Å². The highest BCUT2D eigenvalue weighted by atomic mass is 16.4. The fourth-order valence-corrected chi connectivity index (χ4v) is 5.55. The number of hydrogen-bond acceptors (Lipinski definition) is 10. The molecule has 0 saturated heterocycles. The topological polar surface area (TPSA) is 323 Å². The first kappa shape index (κ1) is 49.7. The van der Waals surface area contributed by atoms with Gasteiger partial charge in [-0.2, -0.15) is 0 Å². The van der Waals surface area contributed by atoms with Gasteiger partial charge in [-0.15, -0.1) is 0 Å². The minimum atomic E-state index is -1.28. The predicted molar refractivity (Wildman–Crippen MR) is 214 cm³/mol. The molecule has 6 atom stereocenters. The van der Waals surface area contributed by atoms with Gasteiger partial charge >= 0.3 is 5.97 Å². The number of nitrogens with one attached hydrogen (secondary N) is 6. The molecule has 0 fully saturated rings. The number of nitrogens with zero attached hydrogens (tertiary/aromatic N) is 1. The molecule has 19 nitrogen and oxygen atoms in total. The number of aryl methyl sites for hydroxylation is 1. The van der Waals surface area contributed by atoms with Crippen LogP contribution in [0.5, 0.6) is 0 Å². The molecule has 0 saturated carbocycles. The van der Waals surface area contributed by atoms with Crippen LogP contribution in [0.4, 0.5) is 0 Å². The summed E-state index contributed by atoms with van der Waals surface area (Å²) in [6.07, 6.45) is 1.26. The molecule has 14 N–H and O–H groups in total. The van der Waals surface area contributed by atoms with Gasteiger partial charge in [-0.05, 0) is 54.6 Å². The van der Waals surface area contributed by atoms with Crippen LogP contribution in [0.25, 0.3) is 0 Å². The van der Waals surface area contributed by atoms with E-state index in [0.29, 0.717) is 5.56 Å². The molecule has 19 heteroatoms. The SMILES string of the molecule is CCc1ccc(C[C@H](NC(=O)[C@@H](NC(=O)[C@@H](NC(=O)[C@@H](N)CO)C(C)C)C(C)C)C(=O)NCC(=O)N[C@@H](CC(C)C)C(=O)N[C@@H](CCCN=C(N)N)C(=O)O)cc1. The average molecular weight is 805 g/mol. The van der Waals surface area contributed by atoms with Crippen molar-refractivity contribution in [3.05, 3.63) is 35.4 Å². The highest BCUT2D eigenvalue weighted by Gasteiger charge is 2.34. The summed E-state index contributed by atoms with van der Waals surface area (Å²) in [7, 11) is 0. The Labute approximate surface area is 334 Å². The summed E-state index contributed by atoms with van der Waals surface area (Å²) >= 11 is 0. The van der Waals surface area contributed by atoms with E-state index in [1.807, 2.05) is 45.0 Å². The third-order valence-corrected chi connectivity index (χ3v) is 8.87. The lowest BCUT2D eigenvalue weighted by Gasteiger charge is -2.29. The van der Waals surface area contributed by atoms with E-state index in [0.717, 1.165) is 12.0 Å². The summed E-state index contributed by atoms with van der Waals surface area (Å²) in [4.78, 5) is 95.2. The van der Waals surface area contributed by atoms with Crippen LogP contribution in [0.15, 0.2) is 29.3 Å². The molecule has 1 rings (SSSR count). The normalized spacial score (nSPS) is 14.3. The third-order valence-electron chi connectivity index (χ3n) is 8.87. The molecule has 0 aromatic heterocycles. The number of aliphatic imine (C=N–C) groups is 1. The molecular weight excluding hydrogens is 740 g/mol. The number of nitrogens with two attached hydrogens (primary N) is 3. The Kier molecular flexibility index (Phi) is 21.9. The van der Waals surface area contributed by atoms with E-state index in [2.05, 4.69) is 36.9 Å². The van der Waals surface area contributed by atoms with E-state index in [9.17, 15) is 43.8 Å². The number of amides is 6. The van der Waals surface area contributed by atoms with Gasteiger partial charge < -0.3 is 59.3 Å². The minimum absolute atomic E-state index is 0.0177. The monoisotopic (exact) mass is 804 g/mol. The molecule has 0 radical (unpaired) electrons. The number of aliphatic carboxylic acids is 1. The summed E-state index contributed by atoms with van der Waals surface area (Å²) in [5.41, 5.74) is 18.0. The first-order valence-corrected chi connectivity index (χ1v) is 19.2. The molecule has 0 unspecified atom stereocenters. The Morgan fingerprint density at radius 2 is 1.23 bits per heavy atom. The van der Waals surface area contributed by atoms with Crippen molar-refractivity contribution >= 4 is 47.4 Å². The molecule has 0 aliphatic carbocycles. The van der Waals surface area contributed by atoms with Gasteiger partial charge in [0, 0.05) is 13.0 Å². The number of guanidine groups is 1. The van der Waals surface area contributed by atoms with Gasteiger partial charge in [0.05, 0.1) is 13.2 Å². The maximum absolute atomic E-state index is 13.8. The largest absolute Gasteiger partial charge is 0.480 e. The van der Waals surface area contributed by atoms with Crippen molar-refractivity contribution in [1.82, 2.24) is 31.9 Å². The van der Waals surface area contributed by atoms with Crippen molar-refractivity contribution in [3.63, 3.8) is 0 Å². The summed E-state index contributed by atoms with van der Waals surface area (Å²) in [5.74, 6) is -6.72. The number of carbonyl (C=O) groups excluding carboxylic acids is 6. The standard InChI is InChI=1S/C38H64N10O9/c1-8-23-11-13-24(14-12-23)17-28(46-35(54)30(21(4)5)48-36(55)31(22(6)7)47-32(51)25(39)19-49)33(52)43-18-29(50)44-27(16-20(2)3)34(53)45-26(37(56)57)10-9-15-42-38(40)41/h11-14,20-22,25-28,30-31,49H,8-10,15-19,39H2,1-7H3,(H,43,52)(H,44,50)(H,45,53)(H,46,54)(H,47,51)(H,48,55)(H,56,57)(H4,40,41,42)/t25-,26-,27-,28-,30-,31-/m0/s1. The van der Waals surface area contributed by atoms with Gasteiger partial charge in [-0.3, -0.25) is 33.8 Å².